The molecule has 9 nitrogen and oxygen atoms in total. The Hall–Kier alpha value is -3.66. The van der Waals surface area contributed by atoms with Crippen LogP contribution in [0.1, 0.15) is 45.7 Å². The minimum atomic E-state index is -0.645. The number of carbonyl (C=O) groups excluding carboxylic acids is 3. The van der Waals surface area contributed by atoms with Crippen molar-refractivity contribution in [1.29, 1.82) is 0 Å². The van der Waals surface area contributed by atoms with Crippen molar-refractivity contribution in [3.05, 3.63) is 76.8 Å². The second-order valence-electron chi connectivity index (χ2n) is 12.0. The second-order valence-corrected chi connectivity index (χ2v) is 12.4. The quantitative estimate of drug-likeness (QED) is 0.330. The number of amides is 3. The molecule has 3 amide bonds. The third kappa shape index (κ3) is 8.04. The van der Waals surface area contributed by atoms with Gasteiger partial charge in [0.25, 0.3) is 5.91 Å². The summed E-state index contributed by atoms with van der Waals surface area (Å²) in [6, 6.07) is 19.2. The lowest BCUT2D eigenvalue weighted by Gasteiger charge is -2.33. The summed E-state index contributed by atoms with van der Waals surface area (Å²) in [7, 11) is 1.75. The zero-order valence-electron chi connectivity index (χ0n) is 25.9. The number of likely N-dealkylation sites (N-methyl/N-ethyl adjacent to an activating group) is 1. The molecule has 1 aliphatic rings. The van der Waals surface area contributed by atoms with Crippen molar-refractivity contribution >= 4 is 46.0 Å². The van der Waals surface area contributed by atoms with E-state index in [0.29, 0.717) is 23.8 Å². The molecule has 0 fully saturated rings. The highest BCUT2D eigenvalue weighted by Crippen LogP contribution is 2.32. The van der Waals surface area contributed by atoms with Crippen molar-refractivity contribution < 1.29 is 19.1 Å². The van der Waals surface area contributed by atoms with Crippen LogP contribution in [0.15, 0.2) is 60.7 Å². The maximum atomic E-state index is 13.8. The summed E-state index contributed by atoms with van der Waals surface area (Å²) in [6.45, 7) is 11.1. The van der Waals surface area contributed by atoms with E-state index in [1.54, 1.807) is 27.9 Å². The van der Waals surface area contributed by atoms with Crippen LogP contribution < -0.4 is 10.2 Å². The highest BCUT2D eigenvalue weighted by atomic mass is 35.5. The molecular formula is C33H42ClN5O4. The third-order valence-corrected chi connectivity index (χ3v) is 7.75. The molecule has 0 atom stereocenters. The molecule has 10 heteroatoms. The molecule has 0 saturated heterocycles. The Kier molecular flexibility index (Phi) is 10.3. The van der Waals surface area contributed by atoms with Crippen LogP contribution in [0.3, 0.4) is 0 Å². The number of hydrogen-bond acceptors (Lipinski definition) is 6. The van der Waals surface area contributed by atoms with Gasteiger partial charge in [-0.05, 0) is 57.9 Å². The first-order valence-corrected chi connectivity index (χ1v) is 15.0. The van der Waals surface area contributed by atoms with Crippen LogP contribution in [0.25, 0.3) is 10.8 Å². The maximum Gasteiger partial charge on any atom is 0.410 e. The van der Waals surface area contributed by atoms with E-state index in [9.17, 15) is 14.4 Å². The zero-order valence-corrected chi connectivity index (χ0v) is 26.6. The topological polar surface area (TPSA) is 85.4 Å². The lowest BCUT2D eigenvalue weighted by atomic mass is 10.1. The molecule has 3 aromatic carbocycles. The molecule has 0 radical (unpaired) electrons. The SMILES string of the molecule is CC(C)N(CCN(C(=O)CNCC(=O)N(C)N1Cc2ccccc2C1)c1ccc(Cl)c2ccccc12)C(=O)OC(C)(C)C. The van der Waals surface area contributed by atoms with Gasteiger partial charge in [0.15, 0.2) is 0 Å². The molecule has 1 aliphatic heterocycles. The Bertz CT molecular complexity index is 1450. The summed E-state index contributed by atoms with van der Waals surface area (Å²) in [5, 5.41) is 8.87. The molecule has 0 spiro atoms. The van der Waals surface area contributed by atoms with E-state index < -0.39 is 11.7 Å². The lowest BCUT2D eigenvalue weighted by Crippen LogP contribution is -2.49. The van der Waals surface area contributed by atoms with Crippen LogP contribution in [-0.4, -0.2) is 77.7 Å². The monoisotopic (exact) mass is 607 g/mol. The number of hydrazine groups is 1. The molecule has 0 aliphatic carbocycles. The fourth-order valence-electron chi connectivity index (χ4n) is 5.12. The molecule has 4 rings (SSSR count). The summed E-state index contributed by atoms with van der Waals surface area (Å²) in [5.41, 5.74) is 2.45. The smallest absolute Gasteiger partial charge is 0.410 e. The maximum absolute atomic E-state index is 13.8. The van der Waals surface area contributed by atoms with Crippen LogP contribution in [0.4, 0.5) is 10.5 Å². The minimum Gasteiger partial charge on any atom is -0.444 e. The first kappa shape index (κ1) is 32.3. The zero-order chi connectivity index (χ0) is 31.3. The summed E-state index contributed by atoms with van der Waals surface area (Å²) < 4.78 is 5.63. The van der Waals surface area contributed by atoms with Crippen molar-refractivity contribution in [3.63, 3.8) is 0 Å². The van der Waals surface area contributed by atoms with Crippen molar-refractivity contribution in [1.82, 2.24) is 20.2 Å². The number of nitrogens with zero attached hydrogens (tertiary/aromatic N) is 4. The van der Waals surface area contributed by atoms with Gasteiger partial charge >= 0.3 is 6.09 Å². The number of anilines is 1. The molecule has 0 bridgehead atoms. The van der Waals surface area contributed by atoms with E-state index in [4.69, 9.17) is 16.3 Å². The average molecular weight is 608 g/mol. The minimum absolute atomic E-state index is 0.000316. The van der Waals surface area contributed by atoms with Gasteiger partial charge < -0.3 is 14.5 Å². The number of rotatable bonds is 10. The Labute approximate surface area is 259 Å². The van der Waals surface area contributed by atoms with Gasteiger partial charge in [0.1, 0.15) is 5.60 Å². The van der Waals surface area contributed by atoms with E-state index in [1.807, 2.05) is 82.1 Å². The van der Waals surface area contributed by atoms with Gasteiger partial charge in [0, 0.05) is 55.1 Å². The predicted octanol–water partition coefficient (Wildman–Crippen LogP) is 5.45. The van der Waals surface area contributed by atoms with Crippen molar-refractivity contribution in [2.45, 2.75) is 59.4 Å². The van der Waals surface area contributed by atoms with Crippen molar-refractivity contribution in [2.75, 3.05) is 38.1 Å². The Morgan fingerprint density at radius 3 is 2.07 bits per heavy atom. The summed E-state index contributed by atoms with van der Waals surface area (Å²) in [5.74, 6) is -0.371. The van der Waals surface area contributed by atoms with Crippen LogP contribution >= 0.6 is 11.6 Å². The lowest BCUT2D eigenvalue weighted by molar-refractivity contribution is -0.145. The second kappa shape index (κ2) is 13.8. The van der Waals surface area contributed by atoms with Crippen LogP contribution in [-0.2, 0) is 27.4 Å². The molecular weight excluding hydrogens is 566 g/mol. The van der Waals surface area contributed by atoms with E-state index in [1.165, 1.54) is 11.1 Å². The summed E-state index contributed by atoms with van der Waals surface area (Å²) >= 11 is 6.49. The number of fused-ring (bicyclic) bond motifs is 2. The number of nitrogens with one attached hydrogen (secondary N) is 1. The Morgan fingerprint density at radius 2 is 1.47 bits per heavy atom. The van der Waals surface area contributed by atoms with E-state index >= 15 is 0 Å². The van der Waals surface area contributed by atoms with Gasteiger partial charge in [-0.15, -0.1) is 0 Å². The largest absolute Gasteiger partial charge is 0.444 e. The van der Waals surface area contributed by atoms with E-state index in [0.717, 1.165) is 10.8 Å². The molecule has 0 unspecified atom stereocenters. The van der Waals surface area contributed by atoms with Gasteiger partial charge in [-0.3, -0.25) is 19.9 Å². The highest BCUT2D eigenvalue weighted by Gasteiger charge is 2.28. The first-order chi connectivity index (χ1) is 20.4. The highest BCUT2D eigenvalue weighted by molar-refractivity contribution is 6.36. The summed E-state index contributed by atoms with van der Waals surface area (Å²) in [6.07, 6.45) is -0.438. The average Bonchev–Trinajstić information content (AvgIpc) is 3.39. The Morgan fingerprint density at radius 1 is 0.884 bits per heavy atom. The van der Waals surface area contributed by atoms with Gasteiger partial charge in [-0.25, -0.2) is 9.80 Å². The predicted molar refractivity (Wildman–Crippen MR) is 171 cm³/mol. The molecule has 1 heterocycles. The number of halogens is 1. The van der Waals surface area contributed by atoms with Crippen molar-refractivity contribution in [3.8, 4) is 0 Å². The fraction of sp³-hybridized carbons (Fsp3) is 0.424. The summed E-state index contributed by atoms with van der Waals surface area (Å²) in [4.78, 5) is 43.0. The molecule has 0 saturated carbocycles. The van der Waals surface area contributed by atoms with Crippen LogP contribution in [0.2, 0.25) is 5.02 Å². The van der Waals surface area contributed by atoms with Gasteiger partial charge in [-0.1, -0.05) is 60.1 Å². The van der Waals surface area contributed by atoms with Gasteiger partial charge in [0.2, 0.25) is 5.91 Å². The normalized spacial score (nSPS) is 13.2. The standard InChI is InChI=1S/C33H42ClN5O4/c1-23(2)38(32(42)43-33(3,4)5)17-18-39(29-16-15-28(34)26-13-9-10-14-27(26)29)31(41)20-35-19-30(40)36(6)37-21-24-11-7-8-12-25(24)22-37/h7-16,23,35H,17-22H2,1-6H3. The van der Waals surface area contributed by atoms with Crippen LogP contribution in [0.5, 0.6) is 0 Å². The fourth-order valence-corrected chi connectivity index (χ4v) is 5.35. The molecule has 3 aromatic rings. The number of benzene rings is 3. The van der Waals surface area contributed by atoms with Gasteiger partial charge in [0.05, 0.1) is 18.8 Å². The number of hydrogen-bond donors (Lipinski definition) is 1. The van der Waals surface area contributed by atoms with E-state index in [-0.39, 0.29) is 44.0 Å². The molecule has 43 heavy (non-hydrogen) atoms. The third-order valence-electron chi connectivity index (χ3n) is 7.42. The van der Waals surface area contributed by atoms with E-state index in [2.05, 4.69) is 17.4 Å². The number of ether oxygens (including phenoxy) is 1. The first-order valence-electron chi connectivity index (χ1n) is 14.6. The van der Waals surface area contributed by atoms with Crippen LogP contribution in [0, 0.1) is 0 Å². The Balaban J connectivity index is 1.47. The van der Waals surface area contributed by atoms with Crippen molar-refractivity contribution in [2.24, 2.45) is 0 Å². The number of carbonyl (C=O) groups is 3. The van der Waals surface area contributed by atoms with Gasteiger partial charge in [-0.2, -0.15) is 0 Å². The molecule has 0 aromatic heterocycles. The molecule has 1 N–H and O–H groups in total. The molecule has 230 valence electrons.